The smallest absolute Gasteiger partial charge is 0.319 e. The Morgan fingerprint density at radius 2 is 1.92 bits per heavy atom. The quantitative estimate of drug-likeness (QED) is 0.830. The molecular weight excluding hydrogens is 381 g/mol. The van der Waals surface area contributed by atoms with Crippen LogP contribution in [0.4, 0.5) is 20.6 Å². The Morgan fingerprint density at radius 3 is 2.58 bits per heavy atom. The van der Waals surface area contributed by atoms with Gasteiger partial charge in [0.05, 0.1) is 17.1 Å². The van der Waals surface area contributed by atoms with Gasteiger partial charge in [0.25, 0.3) is 0 Å². The van der Waals surface area contributed by atoms with Gasteiger partial charge >= 0.3 is 6.03 Å². The number of nitrogens with one attached hydrogen (secondary N) is 2. The first-order valence-corrected chi connectivity index (χ1v) is 9.93. The zero-order chi connectivity index (χ0) is 18.7. The molecule has 1 fully saturated rings. The lowest BCUT2D eigenvalue weighted by molar-refractivity contribution is 0.251. The number of benzene rings is 2. The number of rotatable bonds is 4. The van der Waals surface area contributed by atoms with Gasteiger partial charge in [-0.15, -0.1) is 0 Å². The molecule has 138 valence electrons. The summed E-state index contributed by atoms with van der Waals surface area (Å²) in [5.74, 6) is -0.582. The number of amides is 2. The molecule has 2 amide bonds. The first kappa shape index (κ1) is 18.5. The van der Waals surface area contributed by atoms with E-state index in [0.29, 0.717) is 23.7 Å². The van der Waals surface area contributed by atoms with Crippen molar-refractivity contribution in [2.24, 2.45) is 0 Å². The molecule has 6 nitrogen and oxygen atoms in total. The molecular formula is C17H17ClFN3O3S. The monoisotopic (exact) mass is 397 g/mol. The van der Waals surface area contributed by atoms with Crippen molar-refractivity contribution in [1.29, 1.82) is 0 Å². The summed E-state index contributed by atoms with van der Waals surface area (Å²) in [5.41, 5.74) is 1.08. The lowest BCUT2D eigenvalue weighted by atomic mass is 10.2. The minimum Gasteiger partial charge on any atom is -0.334 e. The topological polar surface area (TPSA) is 78.5 Å². The second-order valence-electron chi connectivity index (χ2n) is 5.84. The maximum Gasteiger partial charge on any atom is 0.319 e. The van der Waals surface area contributed by atoms with Gasteiger partial charge in [-0.2, -0.15) is 0 Å². The summed E-state index contributed by atoms with van der Waals surface area (Å²) in [6.45, 7) is 0.584. The van der Waals surface area contributed by atoms with E-state index in [4.69, 9.17) is 11.6 Å². The predicted molar refractivity (Wildman–Crippen MR) is 99.5 cm³/mol. The Balaban J connectivity index is 1.68. The molecule has 0 saturated carbocycles. The van der Waals surface area contributed by atoms with Crippen molar-refractivity contribution in [3.05, 3.63) is 58.9 Å². The maximum absolute atomic E-state index is 14.0. The van der Waals surface area contributed by atoms with E-state index < -0.39 is 21.9 Å². The number of sulfonamides is 1. The minimum absolute atomic E-state index is 0.0642. The fourth-order valence-corrected chi connectivity index (χ4v) is 4.33. The third-order valence-electron chi connectivity index (χ3n) is 3.95. The summed E-state index contributed by atoms with van der Waals surface area (Å²) in [5, 5.41) is 5.61. The number of urea groups is 1. The standard InChI is InChI=1S/C17H17ClFN3O3S/c18-13-4-2-12(3-5-13)11-20-17(23)21-16-10-14(6-7-15(16)19)22-8-1-9-26(22,24)25/h2-7,10H,1,8-9,11H2,(H2,20,21,23). The van der Waals surface area contributed by atoms with Gasteiger partial charge in [-0.25, -0.2) is 17.6 Å². The summed E-state index contributed by atoms with van der Waals surface area (Å²) in [6.07, 6.45) is 0.518. The first-order chi connectivity index (χ1) is 12.3. The van der Waals surface area contributed by atoms with Crippen LogP contribution in [-0.2, 0) is 16.6 Å². The lowest BCUT2D eigenvalue weighted by Gasteiger charge is -2.18. The van der Waals surface area contributed by atoms with Crippen molar-refractivity contribution < 1.29 is 17.6 Å². The Morgan fingerprint density at radius 1 is 1.19 bits per heavy atom. The molecule has 26 heavy (non-hydrogen) atoms. The van der Waals surface area contributed by atoms with E-state index in [1.165, 1.54) is 16.4 Å². The number of anilines is 2. The summed E-state index contributed by atoms with van der Waals surface area (Å²) in [6, 6.07) is 10.2. The summed E-state index contributed by atoms with van der Waals surface area (Å²) in [4.78, 5) is 12.0. The molecule has 1 heterocycles. The van der Waals surface area contributed by atoms with Gasteiger partial charge < -0.3 is 10.6 Å². The van der Waals surface area contributed by atoms with Crippen molar-refractivity contribution in [2.75, 3.05) is 21.9 Å². The largest absolute Gasteiger partial charge is 0.334 e. The van der Waals surface area contributed by atoms with Crippen LogP contribution in [0, 0.1) is 5.82 Å². The average molecular weight is 398 g/mol. The van der Waals surface area contributed by atoms with Crippen LogP contribution in [0.15, 0.2) is 42.5 Å². The van der Waals surface area contributed by atoms with Crippen LogP contribution in [0.2, 0.25) is 5.02 Å². The van der Waals surface area contributed by atoms with Crippen LogP contribution in [0.1, 0.15) is 12.0 Å². The van der Waals surface area contributed by atoms with E-state index in [-0.39, 0.29) is 18.0 Å². The van der Waals surface area contributed by atoms with Crippen LogP contribution >= 0.6 is 11.6 Å². The number of halogens is 2. The fraction of sp³-hybridized carbons (Fsp3) is 0.235. The van der Waals surface area contributed by atoms with Crippen molar-refractivity contribution in [3.63, 3.8) is 0 Å². The van der Waals surface area contributed by atoms with Crippen molar-refractivity contribution in [1.82, 2.24) is 5.32 Å². The second kappa shape index (κ2) is 7.51. The minimum atomic E-state index is -3.38. The summed E-state index contributed by atoms with van der Waals surface area (Å²) < 4.78 is 39.2. The van der Waals surface area contributed by atoms with E-state index in [1.807, 2.05) is 0 Å². The van der Waals surface area contributed by atoms with Gasteiger partial charge in [-0.05, 0) is 42.3 Å². The van der Waals surface area contributed by atoms with Crippen molar-refractivity contribution >= 4 is 39.0 Å². The van der Waals surface area contributed by atoms with Gasteiger partial charge in [0.2, 0.25) is 10.0 Å². The Kier molecular flexibility index (Phi) is 5.33. The molecule has 2 aromatic carbocycles. The lowest BCUT2D eigenvalue weighted by Crippen LogP contribution is -2.29. The van der Waals surface area contributed by atoms with Gasteiger partial charge in [0.1, 0.15) is 5.82 Å². The SMILES string of the molecule is O=C(NCc1ccc(Cl)cc1)Nc1cc(N2CCCS2(=O)=O)ccc1F. The molecule has 9 heteroatoms. The molecule has 2 N–H and O–H groups in total. The molecule has 0 atom stereocenters. The Hall–Kier alpha value is -2.32. The average Bonchev–Trinajstić information content (AvgIpc) is 2.95. The number of carbonyl (C=O) groups is 1. The van der Waals surface area contributed by atoms with Crippen LogP contribution in [0.5, 0.6) is 0 Å². The van der Waals surface area contributed by atoms with Crippen LogP contribution in [0.3, 0.4) is 0 Å². The zero-order valence-corrected chi connectivity index (χ0v) is 15.3. The molecule has 0 bridgehead atoms. The third kappa shape index (κ3) is 4.25. The second-order valence-corrected chi connectivity index (χ2v) is 8.29. The first-order valence-electron chi connectivity index (χ1n) is 7.94. The molecule has 0 aromatic heterocycles. The Labute approximate surface area is 156 Å². The van der Waals surface area contributed by atoms with E-state index in [0.717, 1.165) is 11.6 Å². The molecule has 0 unspecified atom stereocenters. The third-order valence-corrected chi connectivity index (χ3v) is 6.07. The molecule has 3 rings (SSSR count). The van der Waals surface area contributed by atoms with E-state index >= 15 is 0 Å². The molecule has 0 aliphatic carbocycles. The molecule has 0 radical (unpaired) electrons. The molecule has 0 spiro atoms. The molecule has 1 aliphatic heterocycles. The van der Waals surface area contributed by atoms with Crippen molar-refractivity contribution in [2.45, 2.75) is 13.0 Å². The van der Waals surface area contributed by atoms with Gasteiger partial charge in [0.15, 0.2) is 0 Å². The fourth-order valence-electron chi connectivity index (χ4n) is 2.64. The number of hydrogen-bond acceptors (Lipinski definition) is 3. The van der Waals surface area contributed by atoms with Gasteiger partial charge in [0, 0.05) is 18.1 Å². The Bertz CT molecular complexity index is 919. The number of carbonyl (C=O) groups excluding carboxylic acids is 1. The van der Waals surface area contributed by atoms with Crippen molar-refractivity contribution in [3.8, 4) is 0 Å². The normalized spacial score (nSPS) is 15.7. The highest BCUT2D eigenvalue weighted by molar-refractivity contribution is 7.93. The van der Waals surface area contributed by atoms with E-state index in [1.54, 1.807) is 24.3 Å². The molecule has 1 saturated heterocycles. The van der Waals surface area contributed by atoms with Crippen LogP contribution in [-0.4, -0.2) is 26.7 Å². The highest BCUT2D eigenvalue weighted by Crippen LogP contribution is 2.28. The maximum atomic E-state index is 14.0. The molecule has 2 aromatic rings. The van der Waals surface area contributed by atoms with Gasteiger partial charge in [-0.1, -0.05) is 23.7 Å². The number of hydrogen-bond donors (Lipinski definition) is 2. The number of nitrogens with zero attached hydrogens (tertiary/aromatic N) is 1. The predicted octanol–water partition coefficient (Wildman–Crippen LogP) is 3.34. The van der Waals surface area contributed by atoms with Gasteiger partial charge in [-0.3, -0.25) is 4.31 Å². The zero-order valence-electron chi connectivity index (χ0n) is 13.7. The molecule has 1 aliphatic rings. The summed E-state index contributed by atoms with van der Waals surface area (Å²) >= 11 is 5.80. The van der Waals surface area contributed by atoms with Crippen LogP contribution < -0.4 is 14.9 Å². The van der Waals surface area contributed by atoms with Crippen LogP contribution in [0.25, 0.3) is 0 Å². The van der Waals surface area contributed by atoms with E-state index in [2.05, 4.69) is 10.6 Å². The van der Waals surface area contributed by atoms with E-state index in [9.17, 15) is 17.6 Å². The highest BCUT2D eigenvalue weighted by atomic mass is 35.5. The highest BCUT2D eigenvalue weighted by Gasteiger charge is 2.28. The summed E-state index contributed by atoms with van der Waals surface area (Å²) in [7, 11) is -3.38.